The van der Waals surface area contributed by atoms with Gasteiger partial charge in [0.2, 0.25) is 5.79 Å². The first-order chi connectivity index (χ1) is 18.5. The zero-order valence-electron chi connectivity index (χ0n) is 24.0. The van der Waals surface area contributed by atoms with E-state index in [9.17, 15) is 9.90 Å². The number of rotatable bonds is 6. The number of hydrogen-bond donors (Lipinski definition) is 1. The molecule has 4 aliphatic heterocycles. The molecular weight excluding hydrogens is 500 g/mol. The third-order valence-corrected chi connectivity index (χ3v) is 11.3. The van der Waals surface area contributed by atoms with Gasteiger partial charge in [0.25, 0.3) is 0 Å². The van der Waals surface area contributed by atoms with E-state index in [1.54, 1.807) is 7.11 Å². The highest BCUT2D eigenvalue weighted by Gasteiger charge is 2.90. The second kappa shape index (κ2) is 8.39. The monoisotopic (exact) mass is 544 g/mol. The maximum absolute atomic E-state index is 14.4. The molecule has 4 heterocycles. The maximum atomic E-state index is 14.4. The van der Waals surface area contributed by atoms with Gasteiger partial charge in [-0.25, -0.2) is 0 Å². The highest BCUT2D eigenvalue weighted by molar-refractivity contribution is 6.05. The van der Waals surface area contributed by atoms with Gasteiger partial charge in [-0.05, 0) is 74.9 Å². The van der Waals surface area contributed by atoms with E-state index in [0.29, 0.717) is 25.4 Å². The number of ketones is 1. The molecule has 4 bridgehead atoms. The zero-order chi connectivity index (χ0) is 27.6. The van der Waals surface area contributed by atoms with Crippen LogP contribution in [0.5, 0.6) is 0 Å². The summed E-state index contributed by atoms with van der Waals surface area (Å²) in [6.45, 7) is 14.1. The van der Waals surface area contributed by atoms with E-state index in [1.165, 1.54) is 5.57 Å². The van der Waals surface area contributed by atoms with Crippen LogP contribution in [0.4, 0.5) is 0 Å². The fraction of sp³-hybridized carbons (Fsp3) is 0.839. The summed E-state index contributed by atoms with van der Waals surface area (Å²) >= 11 is 0. The Hall–Kier alpha value is -1.29. The molecule has 0 radical (unpaired) electrons. The lowest BCUT2D eigenvalue weighted by Gasteiger charge is -2.77. The highest BCUT2D eigenvalue weighted by atomic mass is 16.8. The maximum Gasteiger partial charge on any atom is 0.213 e. The minimum absolute atomic E-state index is 0.0562. The number of unbranched alkanes of at least 4 members (excludes halogenated alkanes) is 1. The summed E-state index contributed by atoms with van der Waals surface area (Å²) in [6, 6.07) is 0. The lowest BCUT2D eigenvalue weighted by Crippen LogP contribution is -2.87. The summed E-state index contributed by atoms with van der Waals surface area (Å²) in [7, 11) is 1.71. The van der Waals surface area contributed by atoms with Crippen LogP contribution in [-0.4, -0.2) is 67.9 Å². The van der Waals surface area contributed by atoms with Gasteiger partial charge in [-0.3, -0.25) is 4.79 Å². The molecule has 8 rings (SSSR count). The van der Waals surface area contributed by atoms with Gasteiger partial charge in [-0.2, -0.15) is 0 Å². The van der Waals surface area contributed by atoms with Gasteiger partial charge in [-0.1, -0.05) is 20.4 Å². The first kappa shape index (κ1) is 26.6. The second-order valence-electron chi connectivity index (χ2n) is 14.2. The summed E-state index contributed by atoms with van der Waals surface area (Å²) in [6.07, 6.45) is 4.15. The van der Waals surface area contributed by atoms with E-state index in [1.807, 2.05) is 13.8 Å². The fourth-order valence-corrected chi connectivity index (χ4v) is 10.3. The number of carbonyl (C=O) groups excluding carboxylic acids is 1. The minimum atomic E-state index is -1.48. The lowest BCUT2D eigenvalue weighted by atomic mass is 9.36. The molecule has 4 aliphatic carbocycles. The van der Waals surface area contributed by atoms with E-state index in [4.69, 9.17) is 28.4 Å². The molecule has 9 atom stereocenters. The average molecular weight is 545 g/mol. The topological polar surface area (TPSA) is 92.7 Å². The van der Waals surface area contributed by atoms with Gasteiger partial charge in [-0.15, -0.1) is 0 Å². The molecule has 0 aromatic heterocycles. The number of hydrogen-bond acceptors (Lipinski definition) is 8. The van der Waals surface area contributed by atoms with Gasteiger partial charge < -0.3 is 33.5 Å². The summed E-state index contributed by atoms with van der Waals surface area (Å²) in [5.41, 5.74) is -0.207. The average Bonchev–Trinajstić information content (AvgIpc) is 2.99. The minimum Gasteiger partial charge on any atom is -0.469 e. The summed E-state index contributed by atoms with van der Waals surface area (Å²) in [5.74, 6) is -2.10. The second-order valence-corrected chi connectivity index (χ2v) is 14.2. The van der Waals surface area contributed by atoms with E-state index in [0.717, 1.165) is 50.7 Å². The number of allylic oxidation sites excluding steroid dienone is 1. The van der Waals surface area contributed by atoms with Crippen LogP contribution in [0.15, 0.2) is 23.5 Å². The standard InChI is InChI=1S/C31H44O8/c1-17-19-10-11-20-29-16-36-31(30(20,23(17)32)26(19)38-28(4,5)39-31)24(33)22(29)27(2,3)15-18-9-12-21(37-25(18)29)35-14-8-7-13-34-6/h19-22,24,26,33H,1,7-16H2,2-6H3. The largest absolute Gasteiger partial charge is 0.469 e. The van der Waals surface area contributed by atoms with Gasteiger partial charge in [0.1, 0.15) is 17.3 Å². The Morgan fingerprint density at radius 1 is 1.10 bits per heavy atom. The Labute approximate surface area is 231 Å². The third kappa shape index (κ3) is 3.09. The van der Waals surface area contributed by atoms with E-state index in [2.05, 4.69) is 20.4 Å². The number of fused-ring (bicyclic) bond motifs is 1. The molecule has 3 saturated heterocycles. The Morgan fingerprint density at radius 2 is 1.87 bits per heavy atom. The van der Waals surface area contributed by atoms with Crippen molar-refractivity contribution < 1.29 is 38.3 Å². The van der Waals surface area contributed by atoms with E-state index in [-0.39, 0.29) is 35.2 Å². The van der Waals surface area contributed by atoms with Crippen molar-refractivity contribution in [2.45, 2.75) is 103 Å². The van der Waals surface area contributed by atoms with Gasteiger partial charge >= 0.3 is 0 Å². The van der Waals surface area contributed by atoms with Crippen LogP contribution in [0.25, 0.3) is 0 Å². The van der Waals surface area contributed by atoms with E-state index >= 15 is 0 Å². The van der Waals surface area contributed by atoms with Crippen molar-refractivity contribution in [2.24, 2.45) is 34.0 Å². The number of aliphatic hydroxyl groups excluding tert-OH is 1. The van der Waals surface area contributed by atoms with Crippen molar-refractivity contribution in [1.82, 2.24) is 0 Å². The smallest absolute Gasteiger partial charge is 0.213 e. The lowest BCUT2D eigenvalue weighted by molar-refractivity contribution is -0.527. The van der Waals surface area contributed by atoms with Gasteiger partial charge in [0.15, 0.2) is 17.9 Å². The Kier molecular flexibility index (Phi) is 5.72. The molecule has 9 unspecified atom stereocenters. The molecule has 3 spiro atoms. The first-order valence-corrected chi connectivity index (χ1v) is 14.9. The first-order valence-electron chi connectivity index (χ1n) is 14.9. The molecule has 6 fully saturated rings. The predicted molar refractivity (Wildman–Crippen MR) is 140 cm³/mol. The van der Waals surface area contributed by atoms with Crippen LogP contribution >= 0.6 is 0 Å². The molecule has 8 heteroatoms. The molecule has 1 N–H and O–H groups in total. The number of ether oxygens (including phenoxy) is 6. The fourth-order valence-electron chi connectivity index (χ4n) is 10.3. The SMILES string of the molecule is C=C1C(=O)C23C4OC(C)(C)OC25OCC2(C6=C(CCC(OCCCCOC)O6)CC(C)(C)C2C5O)C3CCC14. The highest BCUT2D eigenvalue weighted by Crippen LogP contribution is 2.80. The van der Waals surface area contributed by atoms with Crippen LogP contribution in [0.2, 0.25) is 0 Å². The summed E-state index contributed by atoms with van der Waals surface area (Å²) < 4.78 is 38.3. The van der Waals surface area contributed by atoms with Crippen molar-refractivity contribution in [2.75, 3.05) is 26.9 Å². The van der Waals surface area contributed by atoms with Crippen LogP contribution in [0.3, 0.4) is 0 Å². The van der Waals surface area contributed by atoms with Crippen LogP contribution in [0, 0.1) is 34.0 Å². The summed E-state index contributed by atoms with van der Waals surface area (Å²) in [4.78, 5) is 14.4. The summed E-state index contributed by atoms with van der Waals surface area (Å²) in [5, 5.41) is 12.5. The molecule has 8 nitrogen and oxygen atoms in total. The zero-order valence-corrected chi connectivity index (χ0v) is 24.0. The molecule has 39 heavy (non-hydrogen) atoms. The number of carbonyl (C=O) groups is 1. The van der Waals surface area contributed by atoms with Crippen molar-refractivity contribution in [3.8, 4) is 0 Å². The molecule has 0 aromatic carbocycles. The molecule has 0 amide bonds. The molecule has 3 saturated carbocycles. The van der Waals surface area contributed by atoms with Crippen molar-refractivity contribution in [3.63, 3.8) is 0 Å². The predicted octanol–water partition coefficient (Wildman–Crippen LogP) is 4.26. The van der Waals surface area contributed by atoms with Crippen LogP contribution < -0.4 is 0 Å². The molecule has 0 aromatic rings. The molecule has 216 valence electrons. The number of methoxy groups -OCH3 is 1. The van der Waals surface area contributed by atoms with Gasteiger partial charge in [0, 0.05) is 32.0 Å². The Balaban J connectivity index is 1.35. The van der Waals surface area contributed by atoms with Crippen molar-refractivity contribution >= 4 is 5.78 Å². The van der Waals surface area contributed by atoms with Crippen LogP contribution in [-0.2, 0) is 33.2 Å². The molecular formula is C31H44O8. The Bertz CT molecular complexity index is 1130. The number of aliphatic hydroxyl groups is 1. The normalized spacial score (nSPS) is 48.4. The Morgan fingerprint density at radius 3 is 2.64 bits per heavy atom. The van der Waals surface area contributed by atoms with Crippen LogP contribution in [0.1, 0.15) is 72.6 Å². The van der Waals surface area contributed by atoms with Crippen molar-refractivity contribution in [1.29, 1.82) is 0 Å². The van der Waals surface area contributed by atoms with Crippen molar-refractivity contribution in [3.05, 3.63) is 23.5 Å². The van der Waals surface area contributed by atoms with E-state index < -0.39 is 34.6 Å². The molecule has 8 aliphatic rings. The third-order valence-electron chi connectivity index (χ3n) is 11.3. The van der Waals surface area contributed by atoms with Gasteiger partial charge in [0.05, 0.1) is 24.7 Å². The number of Topliss-reactive ketones (excluding diaryl/α,β-unsaturated/α-hetero) is 1. The quantitative estimate of drug-likeness (QED) is 0.392.